The van der Waals surface area contributed by atoms with E-state index in [1.807, 2.05) is 6.20 Å². The summed E-state index contributed by atoms with van der Waals surface area (Å²) in [7, 11) is -2.49. The molecule has 0 aromatic carbocycles. The fraction of sp³-hybridized carbons (Fsp3) is 0.667. The van der Waals surface area contributed by atoms with Gasteiger partial charge in [-0.3, -0.25) is 8.99 Å². The fourth-order valence-electron chi connectivity index (χ4n) is 2.90. The van der Waals surface area contributed by atoms with Crippen molar-refractivity contribution in [3.63, 3.8) is 0 Å². The first-order valence-electron chi connectivity index (χ1n) is 7.79. The van der Waals surface area contributed by atoms with Crippen LogP contribution in [-0.4, -0.2) is 36.4 Å². The minimum Gasteiger partial charge on any atom is -0.361 e. The van der Waals surface area contributed by atoms with Crippen molar-refractivity contribution in [1.29, 1.82) is 4.78 Å². The zero-order valence-corrected chi connectivity index (χ0v) is 14.7. The first-order valence-corrected chi connectivity index (χ1v) is 9.92. The molecule has 7 nitrogen and oxygen atoms in total. The molecule has 0 fully saturated rings. The number of nitrogens with one attached hydrogen (secondary N) is 1. The van der Waals surface area contributed by atoms with E-state index >= 15 is 0 Å². The predicted octanol–water partition coefficient (Wildman–Crippen LogP) is 2.05. The molecule has 1 N–H and O–H groups in total. The van der Waals surface area contributed by atoms with E-state index in [1.54, 1.807) is 4.68 Å². The Balaban J connectivity index is 1.72. The van der Waals surface area contributed by atoms with E-state index in [9.17, 15) is 4.21 Å². The van der Waals surface area contributed by atoms with Gasteiger partial charge in [-0.1, -0.05) is 24.2 Å². The molecule has 126 valence electrons. The minimum atomic E-state index is -2.49. The van der Waals surface area contributed by atoms with Crippen LogP contribution in [0.5, 0.6) is 0 Å². The quantitative estimate of drug-likeness (QED) is 0.900. The minimum absolute atomic E-state index is 0.274. The van der Waals surface area contributed by atoms with E-state index in [1.165, 1.54) is 11.8 Å². The van der Waals surface area contributed by atoms with Gasteiger partial charge >= 0.3 is 0 Å². The van der Waals surface area contributed by atoms with Gasteiger partial charge in [0.25, 0.3) is 0 Å². The topological polar surface area (TPSA) is 97.7 Å². The Morgan fingerprint density at radius 1 is 1.48 bits per heavy atom. The van der Waals surface area contributed by atoms with Crippen LogP contribution in [0.1, 0.15) is 43.0 Å². The zero-order valence-electron chi connectivity index (χ0n) is 13.8. The molecule has 8 heteroatoms. The van der Waals surface area contributed by atoms with Crippen molar-refractivity contribution in [2.24, 2.45) is 5.41 Å². The number of nitrogens with zero attached hydrogens (tertiary/aromatic N) is 4. The maximum atomic E-state index is 11.4. The third-order valence-corrected chi connectivity index (χ3v) is 5.26. The highest BCUT2D eigenvalue weighted by Gasteiger charge is 2.30. The predicted molar refractivity (Wildman–Crippen MR) is 86.8 cm³/mol. The Morgan fingerprint density at radius 2 is 2.26 bits per heavy atom. The number of rotatable bonds is 5. The Morgan fingerprint density at radius 3 is 3.00 bits per heavy atom. The number of hydrogen-bond donors (Lipinski definition) is 1. The molecule has 2 aromatic rings. The Bertz CT molecular complexity index is 804. The molecule has 0 aliphatic heterocycles. The Kier molecular flexibility index (Phi) is 4.03. The molecule has 0 radical (unpaired) electrons. The summed E-state index contributed by atoms with van der Waals surface area (Å²) in [5, 5.41) is 12.4. The molecule has 1 unspecified atom stereocenters. The normalized spacial score (nSPS) is 19.3. The number of hydrogen-bond acceptors (Lipinski definition) is 6. The lowest BCUT2D eigenvalue weighted by molar-refractivity contribution is 0.282. The first-order chi connectivity index (χ1) is 10.7. The van der Waals surface area contributed by atoms with Crippen LogP contribution in [0.15, 0.2) is 10.7 Å². The monoisotopic (exact) mass is 337 g/mol. The summed E-state index contributed by atoms with van der Waals surface area (Å²) < 4.78 is 26.1. The summed E-state index contributed by atoms with van der Waals surface area (Å²) in [6.45, 7) is 5.07. The van der Waals surface area contributed by atoms with Gasteiger partial charge in [0.05, 0.1) is 12.2 Å². The van der Waals surface area contributed by atoms with Gasteiger partial charge in [-0.2, -0.15) is 0 Å². The smallest absolute Gasteiger partial charge is 0.140 e. The molecule has 0 saturated heterocycles. The lowest BCUT2D eigenvalue weighted by Gasteiger charge is -2.28. The van der Waals surface area contributed by atoms with Crippen molar-refractivity contribution < 1.29 is 8.73 Å². The van der Waals surface area contributed by atoms with Crippen LogP contribution < -0.4 is 0 Å². The average molecular weight is 337 g/mol. The number of fused-ring (bicyclic) bond motifs is 1. The van der Waals surface area contributed by atoms with E-state index in [4.69, 9.17) is 9.30 Å². The summed E-state index contributed by atoms with van der Waals surface area (Å²) in [5.41, 5.74) is 3.16. The van der Waals surface area contributed by atoms with E-state index < -0.39 is 9.73 Å². The van der Waals surface area contributed by atoms with Crippen LogP contribution in [0.3, 0.4) is 0 Å². The highest BCUT2D eigenvalue weighted by atomic mass is 32.2. The van der Waals surface area contributed by atoms with Crippen LogP contribution in [0.2, 0.25) is 0 Å². The van der Waals surface area contributed by atoms with E-state index in [2.05, 4.69) is 29.3 Å². The van der Waals surface area contributed by atoms with Crippen LogP contribution >= 0.6 is 0 Å². The van der Waals surface area contributed by atoms with Crippen molar-refractivity contribution in [3.8, 4) is 0 Å². The van der Waals surface area contributed by atoms with Crippen molar-refractivity contribution in [2.75, 3.05) is 12.0 Å². The molecule has 2 heterocycles. The van der Waals surface area contributed by atoms with Crippen LogP contribution in [0.25, 0.3) is 0 Å². The van der Waals surface area contributed by atoms with E-state index in [0.29, 0.717) is 18.7 Å². The van der Waals surface area contributed by atoms with Gasteiger partial charge in [-0.05, 0) is 18.3 Å². The summed E-state index contributed by atoms with van der Waals surface area (Å²) in [6, 6.07) is 0. The van der Waals surface area contributed by atoms with E-state index in [0.717, 1.165) is 36.4 Å². The third-order valence-electron chi connectivity index (χ3n) is 4.28. The van der Waals surface area contributed by atoms with Crippen molar-refractivity contribution in [1.82, 2.24) is 20.2 Å². The van der Waals surface area contributed by atoms with Crippen molar-refractivity contribution in [2.45, 2.75) is 46.1 Å². The van der Waals surface area contributed by atoms with Crippen LogP contribution in [0.4, 0.5) is 0 Å². The average Bonchev–Trinajstić information content (AvgIpc) is 3.03. The number of aromatic nitrogens is 4. The second-order valence-electron chi connectivity index (χ2n) is 7.24. The molecule has 0 spiro atoms. The van der Waals surface area contributed by atoms with Gasteiger partial charge in [-0.25, -0.2) is 4.68 Å². The molecule has 2 aromatic heterocycles. The molecule has 0 bridgehead atoms. The second kappa shape index (κ2) is 5.74. The standard InChI is InChI=1S/C15H23N5O2S/c1-15(2)6-4-14-12(8-15)13(18-22-14)10-20-9-11(17-19-20)5-7-23(3,16)21/h9,16H,4-8,10H2,1-3H3. The maximum Gasteiger partial charge on any atom is 0.140 e. The van der Waals surface area contributed by atoms with Crippen molar-refractivity contribution in [3.05, 3.63) is 28.9 Å². The molecule has 3 rings (SSSR count). The largest absolute Gasteiger partial charge is 0.361 e. The summed E-state index contributed by atoms with van der Waals surface area (Å²) in [6.07, 6.45) is 6.81. The van der Waals surface area contributed by atoms with Gasteiger partial charge in [-0.15, -0.1) is 5.10 Å². The SMILES string of the molecule is CC1(C)CCc2onc(Cn3cc(CCS(C)(=N)=O)nn3)c2C1. The summed E-state index contributed by atoms with van der Waals surface area (Å²) in [5.74, 6) is 1.30. The van der Waals surface area contributed by atoms with Gasteiger partial charge in [0, 0.05) is 46.3 Å². The molecule has 1 atom stereocenters. The molecule has 0 saturated carbocycles. The fourth-order valence-corrected chi connectivity index (χ4v) is 3.50. The Hall–Kier alpha value is -1.70. The lowest BCUT2D eigenvalue weighted by atomic mass is 9.76. The van der Waals surface area contributed by atoms with Gasteiger partial charge < -0.3 is 4.52 Å². The van der Waals surface area contributed by atoms with Crippen LogP contribution in [0, 0.1) is 10.2 Å². The van der Waals surface area contributed by atoms with Gasteiger partial charge in [0.2, 0.25) is 0 Å². The third kappa shape index (κ3) is 3.99. The maximum absolute atomic E-state index is 11.4. The van der Waals surface area contributed by atoms with E-state index in [-0.39, 0.29) is 5.41 Å². The Labute approximate surface area is 136 Å². The van der Waals surface area contributed by atoms with Gasteiger partial charge in [0.1, 0.15) is 11.5 Å². The molecule has 1 aliphatic carbocycles. The van der Waals surface area contributed by atoms with Gasteiger partial charge in [0.15, 0.2) is 0 Å². The molecule has 23 heavy (non-hydrogen) atoms. The highest BCUT2D eigenvalue weighted by molar-refractivity contribution is 7.91. The molecular formula is C15H23N5O2S. The summed E-state index contributed by atoms with van der Waals surface area (Å²) in [4.78, 5) is 0. The zero-order chi connectivity index (χ0) is 16.7. The number of aryl methyl sites for hydroxylation is 2. The summed E-state index contributed by atoms with van der Waals surface area (Å²) >= 11 is 0. The highest BCUT2D eigenvalue weighted by Crippen LogP contribution is 2.36. The van der Waals surface area contributed by atoms with Crippen LogP contribution in [-0.2, 0) is 35.5 Å². The molecule has 0 amide bonds. The van der Waals surface area contributed by atoms with Crippen molar-refractivity contribution >= 4 is 9.73 Å². The molecule has 1 aliphatic rings. The second-order valence-corrected chi connectivity index (χ2v) is 9.66. The lowest BCUT2D eigenvalue weighted by Crippen LogP contribution is -2.22. The first kappa shape index (κ1) is 16.2. The molecular weight excluding hydrogens is 314 g/mol.